The topological polar surface area (TPSA) is 94.1 Å². The third kappa shape index (κ3) is 2.45. The monoisotopic (exact) mass is 348 g/mol. The van der Waals surface area contributed by atoms with Crippen LogP contribution in [0.1, 0.15) is 5.56 Å². The number of nitro benzene ring substituents is 1. The largest absolute Gasteiger partial charge is 0.347 e. The molecular weight excluding hydrogens is 340 g/mol. The first kappa shape index (κ1) is 13.5. The fourth-order valence-electron chi connectivity index (χ4n) is 1.97. The van der Waals surface area contributed by atoms with E-state index in [1.54, 1.807) is 0 Å². The molecule has 1 aromatic heterocycles. The van der Waals surface area contributed by atoms with Gasteiger partial charge in [0, 0.05) is 10.5 Å². The first-order valence-corrected chi connectivity index (χ1v) is 6.78. The van der Waals surface area contributed by atoms with Gasteiger partial charge in [-0.3, -0.25) is 10.1 Å². The third-order valence-electron chi connectivity index (χ3n) is 2.99. The summed E-state index contributed by atoms with van der Waals surface area (Å²) in [6, 6.07) is 8.52. The smallest absolute Gasteiger partial charge is 0.295 e. The third-order valence-corrected chi connectivity index (χ3v) is 3.64. The van der Waals surface area contributed by atoms with E-state index in [0.717, 1.165) is 10.0 Å². The van der Waals surface area contributed by atoms with Crippen LogP contribution in [-0.4, -0.2) is 15.2 Å². The highest BCUT2D eigenvalue weighted by Crippen LogP contribution is 2.35. The van der Waals surface area contributed by atoms with E-state index in [2.05, 4.69) is 36.2 Å². The van der Waals surface area contributed by atoms with E-state index in [1.807, 2.05) is 25.1 Å². The van der Waals surface area contributed by atoms with E-state index in [9.17, 15) is 10.1 Å². The molecule has 0 saturated carbocycles. The Morgan fingerprint density at radius 1 is 1.29 bits per heavy atom. The Kier molecular flexibility index (Phi) is 3.30. The van der Waals surface area contributed by atoms with E-state index in [1.165, 1.54) is 12.1 Å². The number of nitro groups is 1. The normalized spacial score (nSPS) is 10.8. The molecule has 0 fully saturated rings. The first-order valence-electron chi connectivity index (χ1n) is 5.99. The number of aromatic nitrogens is 2. The van der Waals surface area contributed by atoms with E-state index in [0.29, 0.717) is 16.7 Å². The summed E-state index contributed by atoms with van der Waals surface area (Å²) in [4.78, 5) is 10.7. The van der Waals surface area contributed by atoms with Crippen LogP contribution in [0.15, 0.2) is 39.4 Å². The van der Waals surface area contributed by atoms with Gasteiger partial charge >= 0.3 is 0 Å². The summed E-state index contributed by atoms with van der Waals surface area (Å²) in [5.41, 5.74) is 2.69. The highest BCUT2D eigenvalue weighted by Gasteiger charge is 2.21. The van der Waals surface area contributed by atoms with Crippen LogP contribution in [-0.2, 0) is 0 Å². The number of anilines is 2. The average molecular weight is 349 g/mol. The van der Waals surface area contributed by atoms with Crippen LogP contribution in [0, 0.1) is 17.0 Å². The number of hydrogen-bond acceptors (Lipinski definition) is 6. The first-order chi connectivity index (χ1) is 10.1. The van der Waals surface area contributed by atoms with Crippen molar-refractivity contribution < 1.29 is 9.55 Å². The SMILES string of the molecule is Cc1ccc(Nc2c([N+](=O)[O-])ccc3nonc23)c(Br)c1. The minimum absolute atomic E-state index is 0.0920. The summed E-state index contributed by atoms with van der Waals surface area (Å²) in [6.45, 7) is 1.96. The molecule has 7 nitrogen and oxygen atoms in total. The van der Waals surface area contributed by atoms with Gasteiger partial charge in [-0.25, -0.2) is 4.63 Å². The summed E-state index contributed by atoms with van der Waals surface area (Å²) < 4.78 is 5.45. The molecule has 0 aliphatic carbocycles. The van der Waals surface area contributed by atoms with Crippen LogP contribution in [0.2, 0.25) is 0 Å². The molecule has 0 spiro atoms. The van der Waals surface area contributed by atoms with Gasteiger partial charge in [0.2, 0.25) is 0 Å². The molecule has 106 valence electrons. The fraction of sp³-hybridized carbons (Fsp3) is 0.0769. The van der Waals surface area contributed by atoms with Crippen molar-refractivity contribution in [3.05, 3.63) is 50.5 Å². The molecule has 3 rings (SSSR count). The van der Waals surface area contributed by atoms with E-state index < -0.39 is 4.92 Å². The number of aryl methyl sites for hydroxylation is 1. The minimum Gasteiger partial charge on any atom is -0.347 e. The lowest BCUT2D eigenvalue weighted by Crippen LogP contribution is -1.99. The Bertz CT molecular complexity index is 847. The lowest BCUT2D eigenvalue weighted by atomic mass is 10.2. The number of nitrogens with one attached hydrogen (secondary N) is 1. The molecule has 8 heteroatoms. The van der Waals surface area contributed by atoms with E-state index in [-0.39, 0.29) is 11.4 Å². The zero-order valence-corrected chi connectivity index (χ0v) is 12.4. The van der Waals surface area contributed by atoms with Gasteiger partial charge in [-0.05, 0) is 56.9 Å². The summed E-state index contributed by atoms with van der Waals surface area (Å²) >= 11 is 3.43. The highest BCUT2D eigenvalue weighted by atomic mass is 79.9. The second-order valence-electron chi connectivity index (χ2n) is 4.46. The van der Waals surface area contributed by atoms with E-state index in [4.69, 9.17) is 0 Å². The Labute approximate surface area is 127 Å². The quantitative estimate of drug-likeness (QED) is 0.568. The molecule has 0 bridgehead atoms. The maximum atomic E-state index is 11.2. The van der Waals surface area contributed by atoms with Crippen molar-refractivity contribution in [2.75, 3.05) is 5.32 Å². The van der Waals surface area contributed by atoms with Crippen LogP contribution in [0.25, 0.3) is 11.0 Å². The number of nitrogens with zero attached hydrogens (tertiary/aromatic N) is 3. The van der Waals surface area contributed by atoms with Crippen molar-refractivity contribution in [2.24, 2.45) is 0 Å². The molecule has 0 radical (unpaired) electrons. The molecule has 2 aromatic carbocycles. The van der Waals surface area contributed by atoms with Gasteiger partial charge in [-0.15, -0.1) is 0 Å². The van der Waals surface area contributed by atoms with Crippen molar-refractivity contribution in [1.82, 2.24) is 10.3 Å². The van der Waals surface area contributed by atoms with Gasteiger partial charge in [0.25, 0.3) is 5.69 Å². The standard InChI is InChI=1S/C13H9BrN4O3/c1-7-2-3-9(8(14)6-7)15-13-11(18(19)20)5-4-10-12(13)17-21-16-10/h2-6,15H,1H3. The van der Waals surface area contributed by atoms with Gasteiger partial charge in [-0.2, -0.15) is 0 Å². The Balaban J connectivity index is 2.16. The lowest BCUT2D eigenvalue weighted by molar-refractivity contribution is -0.383. The summed E-state index contributed by atoms with van der Waals surface area (Å²) in [5, 5.41) is 21.7. The van der Waals surface area contributed by atoms with Crippen molar-refractivity contribution >= 4 is 44.0 Å². The number of rotatable bonds is 3. The Morgan fingerprint density at radius 3 is 2.81 bits per heavy atom. The highest BCUT2D eigenvalue weighted by molar-refractivity contribution is 9.10. The van der Waals surface area contributed by atoms with E-state index >= 15 is 0 Å². The predicted molar refractivity (Wildman–Crippen MR) is 80.6 cm³/mol. The van der Waals surface area contributed by atoms with Crippen molar-refractivity contribution in [3.63, 3.8) is 0 Å². The Hall–Kier alpha value is -2.48. The van der Waals surface area contributed by atoms with Crippen molar-refractivity contribution in [2.45, 2.75) is 6.92 Å². The molecule has 1 N–H and O–H groups in total. The maximum absolute atomic E-state index is 11.2. The molecule has 0 saturated heterocycles. The fourth-order valence-corrected chi connectivity index (χ4v) is 2.56. The zero-order chi connectivity index (χ0) is 15.0. The summed E-state index contributed by atoms with van der Waals surface area (Å²) in [7, 11) is 0. The van der Waals surface area contributed by atoms with Gasteiger partial charge in [0.1, 0.15) is 11.2 Å². The molecule has 0 atom stereocenters. The lowest BCUT2D eigenvalue weighted by Gasteiger charge is -2.09. The molecule has 0 amide bonds. The van der Waals surface area contributed by atoms with Crippen LogP contribution in [0.5, 0.6) is 0 Å². The molecule has 21 heavy (non-hydrogen) atoms. The summed E-state index contributed by atoms with van der Waals surface area (Å²) in [6.07, 6.45) is 0. The van der Waals surface area contributed by atoms with Crippen molar-refractivity contribution in [1.29, 1.82) is 0 Å². The predicted octanol–water partition coefficient (Wildman–Crippen LogP) is 3.95. The number of hydrogen-bond donors (Lipinski definition) is 1. The van der Waals surface area contributed by atoms with Gasteiger partial charge < -0.3 is 5.32 Å². The van der Waals surface area contributed by atoms with Crippen LogP contribution in [0.3, 0.4) is 0 Å². The summed E-state index contributed by atoms with van der Waals surface area (Å²) in [5.74, 6) is 0. The zero-order valence-electron chi connectivity index (χ0n) is 10.8. The minimum atomic E-state index is -0.474. The number of halogens is 1. The molecule has 1 heterocycles. The van der Waals surface area contributed by atoms with Gasteiger partial charge in [0.05, 0.1) is 10.6 Å². The molecule has 0 aliphatic heterocycles. The second kappa shape index (κ2) is 5.13. The molecule has 0 aliphatic rings. The average Bonchev–Trinajstić information content (AvgIpc) is 2.90. The van der Waals surface area contributed by atoms with Gasteiger partial charge in [-0.1, -0.05) is 6.07 Å². The second-order valence-corrected chi connectivity index (χ2v) is 5.31. The molecular formula is C13H9BrN4O3. The van der Waals surface area contributed by atoms with Crippen LogP contribution in [0.4, 0.5) is 17.1 Å². The number of fused-ring (bicyclic) bond motifs is 1. The van der Waals surface area contributed by atoms with Crippen molar-refractivity contribution in [3.8, 4) is 0 Å². The molecule has 3 aromatic rings. The van der Waals surface area contributed by atoms with Crippen LogP contribution < -0.4 is 5.32 Å². The Morgan fingerprint density at radius 2 is 2.10 bits per heavy atom. The maximum Gasteiger partial charge on any atom is 0.295 e. The number of benzene rings is 2. The molecule has 0 unspecified atom stereocenters. The van der Waals surface area contributed by atoms with Crippen LogP contribution >= 0.6 is 15.9 Å². The van der Waals surface area contributed by atoms with Gasteiger partial charge in [0.15, 0.2) is 5.52 Å².